The molecule has 0 aliphatic rings. The molecule has 6 nitrogen and oxygen atoms in total. The molecule has 0 bridgehead atoms. The van der Waals surface area contributed by atoms with Crippen molar-refractivity contribution in [2.75, 3.05) is 13.7 Å². The van der Waals surface area contributed by atoms with Crippen LogP contribution in [0.4, 0.5) is 0 Å². The van der Waals surface area contributed by atoms with Gasteiger partial charge in [0.05, 0.1) is 13.7 Å². The molecular formula is C10H13FmN2O4-. The summed E-state index contributed by atoms with van der Waals surface area (Å²) in [5, 5.41) is 9.65. The summed E-state index contributed by atoms with van der Waals surface area (Å²) >= 11 is 0. The van der Waals surface area contributed by atoms with Gasteiger partial charge in [0, 0.05) is 12.3 Å². The summed E-state index contributed by atoms with van der Waals surface area (Å²) in [6.07, 6.45) is 2.95. The number of hydrogen-bond donors (Lipinski definition) is 2. The Morgan fingerprint density at radius 1 is 1.65 bits per heavy atom. The standard InChI is InChI=1S/C7H9NO.C3H4NO3.Fm/c1-6-3-4-8-7(5-6)9-2;5-2-4-1-3(6)7;/h3-5H,1-2H3;1H2,(H,4,5)(H,6,7);/q;-1;. The average molecular weight is 482 g/mol. The fourth-order valence-corrected chi connectivity index (χ4v) is 0.732. The predicted octanol–water partition coefficient (Wildman–Crippen LogP) is 0.126. The van der Waals surface area contributed by atoms with Crippen molar-refractivity contribution >= 4 is 12.4 Å². The van der Waals surface area contributed by atoms with Crippen molar-refractivity contribution in [1.29, 1.82) is 0 Å². The summed E-state index contributed by atoms with van der Waals surface area (Å²) in [6.45, 7) is 1.65. The third-order valence-electron chi connectivity index (χ3n) is 1.41. The normalized spacial score (nSPS) is 7.88. The van der Waals surface area contributed by atoms with Crippen LogP contribution in [-0.4, -0.2) is 36.1 Å². The fraction of sp³-hybridized carbons (Fsp3) is 0.300. The molecule has 0 saturated heterocycles. The molecule has 1 rings (SSSR count). The Bertz CT molecular complexity index is 347. The summed E-state index contributed by atoms with van der Waals surface area (Å²) in [5.74, 6) is -0.390. The van der Waals surface area contributed by atoms with Gasteiger partial charge in [0.2, 0.25) is 5.88 Å². The SMILES string of the molecule is COc1cc(C)ccn1.O=[C-]NCC(=O)O.[Fm]. The van der Waals surface area contributed by atoms with Gasteiger partial charge < -0.3 is 20.0 Å². The molecule has 0 fully saturated rings. The maximum atomic E-state index is 9.52. The van der Waals surface area contributed by atoms with Gasteiger partial charge >= 0.3 is 5.97 Å². The minimum absolute atomic E-state index is 0. The Balaban J connectivity index is 0. The van der Waals surface area contributed by atoms with Gasteiger partial charge in [-0.25, -0.2) is 4.98 Å². The monoisotopic (exact) mass is 482 g/mol. The summed E-state index contributed by atoms with van der Waals surface area (Å²) in [5.41, 5.74) is 1.17. The Hall–Kier alpha value is -3.11. The summed E-state index contributed by atoms with van der Waals surface area (Å²) in [4.78, 5) is 22.7. The van der Waals surface area contributed by atoms with Crippen LogP contribution in [0.25, 0.3) is 0 Å². The van der Waals surface area contributed by atoms with Gasteiger partial charge in [-0.3, -0.25) is 4.79 Å². The second-order valence-electron chi connectivity index (χ2n) is 2.72. The van der Waals surface area contributed by atoms with E-state index in [2.05, 4.69) is 4.98 Å². The van der Waals surface area contributed by atoms with E-state index in [0.717, 1.165) is 0 Å². The number of carboxylic acid groups (broad SMARTS) is 1. The molecule has 1 amide bonds. The van der Waals surface area contributed by atoms with E-state index in [4.69, 9.17) is 9.84 Å². The summed E-state index contributed by atoms with van der Waals surface area (Å²) in [6, 6.07) is 3.82. The van der Waals surface area contributed by atoms with Crippen molar-refractivity contribution in [2.45, 2.75) is 6.92 Å². The van der Waals surface area contributed by atoms with Crippen LogP contribution in [0.2, 0.25) is 0 Å². The number of nitrogens with zero attached hydrogens (tertiary/aromatic N) is 1. The number of aliphatic carboxylic acids is 1. The van der Waals surface area contributed by atoms with Gasteiger partial charge in [0.1, 0.15) is 0 Å². The Morgan fingerprint density at radius 2 is 2.29 bits per heavy atom. The first-order valence-corrected chi connectivity index (χ1v) is 4.38. The molecular weight excluding hydrogens is 469 g/mol. The van der Waals surface area contributed by atoms with E-state index in [-0.39, 0.29) is 6.54 Å². The number of carboxylic acids is 1. The average Bonchev–Trinajstić information content (AvgIpc) is 2.27. The molecule has 7 heteroatoms. The number of aromatic nitrogens is 1. The maximum Gasteiger partial charge on any atom is 0.320 e. The molecule has 0 aliphatic carbocycles. The molecule has 0 spiro atoms. The minimum Gasteiger partial charge on any atom is -0.521 e. The molecule has 0 aromatic carbocycles. The smallest absolute Gasteiger partial charge is 0.320 e. The number of rotatable bonds is 4. The van der Waals surface area contributed by atoms with Gasteiger partial charge in [-0.15, -0.1) is 0 Å². The van der Waals surface area contributed by atoms with E-state index in [0.29, 0.717) is 5.88 Å². The van der Waals surface area contributed by atoms with Crippen molar-refractivity contribution in [3.63, 3.8) is 0 Å². The van der Waals surface area contributed by atoms with Crippen LogP contribution in [0.3, 0.4) is 0 Å². The topological polar surface area (TPSA) is 88.5 Å². The van der Waals surface area contributed by atoms with E-state index in [1.54, 1.807) is 13.3 Å². The number of ether oxygens (including phenoxy) is 1. The molecule has 100 valence electrons. The summed E-state index contributed by atoms with van der Waals surface area (Å²) < 4.78 is 4.88. The number of aryl methyl sites for hydroxylation is 1. The molecule has 1 heterocycles. The Kier molecular flexibility index (Phi) is 9.07. The zero-order chi connectivity index (χ0) is 12.4. The van der Waals surface area contributed by atoms with Crippen molar-refractivity contribution in [2.24, 2.45) is 0 Å². The van der Waals surface area contributed by atoms with Crippen molar-refractivity contribution < 1.29 is 19.4 Å². The zero-order valence-corrected chi connectivity index (χ0v) is 11.8. The molecule has 2 N–H and O–H groups in total. The van der Waals surface area contributed by atoms with Crippen LogP contribution < -0.4 is 10.1 Å². The number of nitrogens with one attached hydrogen (secondary N) is 1. The number of pyridine rings is 1. The maximum absolute atomic E-state index is 9.52. The molecule has 1 aromatic heterocycles. The van der Waals surface area contributed by atoms with E-state index in [9.17, 15) is 9.59 Å². The zero-order valence-electron chi connectivity index (χ0n) is 9.35. The van der Waals surface area contributed by atoms with Crippen LogP contribution in [0.15, 0.2) is 18.3 Å². The molecule has 1 aromatic rings. The molecule has 0 radical (unpaired) electrons. The number of methoxy groups -OCH3 is 1. The largest absolute Gasteiger partial charge is 0.521 e. The van der Waals surface area contributed by atoms with Gasteiger partial charge in [-0.1, -0.05) is 0 Å². The predicted molar refractivity (Wildman–Crippen MR) is 56.9 cm³/mol. The first kappa shape index (κ1) is 16.3. The van der Waals surface area contributed by atoms with Gasteiger partial charge in [-0.2, -0.15) is 6.41 Å². The molecule has 0 aliphatic heterocycles. The van der Waals surface area contributed by atoms with E-state index in [1.165, 1.54) is 12.0 Å². The van der Waals surface area contributed by atoms with Crippen LogP contribution in [-0.2, 0) is 9.59 Å². The third-order valence-corrected chi connectivity index (χ3v) is 1.41. The molecule has 0 unspecified atom stereocenters. The van der Waals surface area contributed by atoms with Crippen LogP contribution >= 0.6 is 0 Å². The fourth-order valence-electron chi connectivity index (χ4n) is 0.732. The Morgan fingerprint density at radius 3 is 2.59 bits per heavy atom. The minimum atomic E-state index is -1.07. The van der Waals surface area contributed by atoms with E-state index in [1.807, 2.05) is 24.4 Å². The van der Waals surface area contributed by atoms with Gasteiger partial charge in [0.15, 0.2) is 0 Å². The third kappa shape index (κ3) is 9.20. The van der Waals surface area contributed by atoms with E-state index < -0.39 is 5.97 Å². The quantitative estimate of drug-likeness (QED) is 0.471. The molecule has 0 atom stereocenters. The van der Waals surface area contributed by atoms with Crippen molar-refractivity contribution in [1.82, 2.24) is 10.3 Å². The van der Waals surface area contributed by atoms with Gasteiger partial charge in [0.25, 0.3) is 0 Å². The van der Waals surface area contributed by atoms with Crippen LogP contribution in [0.1, 0.15) is 5.56 Å². The molecule has 0 saturated carbocycles. The number of carbonyl (C=O) groups is 1. The first-order chi connectivity index (χ1) is 7.60. The number of hydrogen-bond acceptors (Lipinski definition) is 4. The van der Waals surface area contributed by atoms with E-state index >= 15 is 0 Å². The van der Waals surface area contributed by atoms with Crippen LogP contribution in [0.5, 0.6) is 5.88 Å². The van der Waals surface area contributed by atoms with Gasteiger partial charge in [-0.05, 0) is 18.6 Å². The van der Waals surface area contributed by atoms with Crippen LogP contribution in [0, 0.1) is 6.92 Å². The van der Waals surface area contributed by atoms with Crippen molar-refractivity contribution in [3.8, 4) is 5.88 Å². The Labute approximate surface area is 93.3 Å². The van der Waals surface area contributed by atoms with Crippen molar-refractivity contribution in [3.05, 3.63) is 23.9 Å². The summed E-state index contributed by atoms with van der Waals surface area (Å²) in [7, 11) is 1.61. The number of amides is 1. The second kappa shape index (κ2) is 9.45. The number of carbonyl (C=O) groups excluding carboxylic acids is 1. The second-order valence-corrected chi connectivity index (χ2v) is 2.72. The molecule has 17 heavy (non-hydrogen) atoms. The first-order valence-electron chi connectivity index (χ1n) is 4.38.